The molecule has 160 valence electrons. The molecule has 1 N–H and O–H groups in total. The zero-order chi connectivity index (χ0) is 22.3. The van der Waals surface area contributed by atoms with Gasteiger partial charge in [-0.3, -0.25) is 14.6 Å². The SMILES string of the molecule is COc1cc(Br)cc(C2N(C(C)=O)c3ccccc3-c3c(=O)[nH]c(SC)n[n+]32)c1OC. The Morgan fingerprint density at radius 1 is 1.26 bits per heavy atom. The quantitative estimate of drug-likeness (QED) is 0.434. The molecule has 4 rings (SSSR count). The van der Waals surface area contributed by atoms with Crippen LogP contribution in [0.5, 0.6) is 11.5 Å². The predicted octanol–water partition coefficient (Wildman–Crippen LogP) is 3.14. The number of ether oxygens (including phenoxy) is 2. The molecule has 0 radical (unpaired) electrons. The van der Waals surface area contributed by atoms with Crippen LogP contribution >= 0.6 is 27.7 Å². The van der Waals surface area contributed by atoms with Crippen molar-refractivity contribution in [2.24, 2.45) is 0 Å². The van der Waals surface area contributed by atoms with Gasteiger partial charge in [0.15, 0.2) is 11.5 Å². The van der Waals surface area contributed by atoms with Gasteiger partial charge in [-0.15, -0.1) is 0 Å². The Balaban J connectivity index is 2.15. The summed E-state index contributed by atoms with van der Waals surface area (Å²) in [4.78, 5) is 30.5. The first-order valence-electron chi connectivity index (χ1n) is 9.32. The Bertz CT molecular complexity index is 1250. The molecule has 10 heteroatoms. The molecule has 0 spiro atoms. The fourth-order valence-corrected chi connectivity index (χ4v) is 4.66. The fraction of sp³-hybridized carbons (Fsp3) is 0.238. The molecule has 0 bridgehead atoms. The lowest BCUT2D eigenvalue weighted by atomic mass is 10.0. The van der Waals surface area contributed by atoms with Gasteiger partial charge in [-0.2, -0.15) is 0 Å². The molecule has 1 aliphatic rings. The zero-order valence-corrected chi connectivity index (χ0v) is 19.7. The third-order valence-corrected chi connectivity index (χ3v) is 6.07. The molecule has 2 aromatic carbocycles. The molecule has 1 amide bonds. The highest BCUT2D eigenvalue weighted by Crippen LogP contribution is 2.43. The van der Waals surface area contributed by atoms with Gasteiger partial charge in [0, 0.05) is 16.5 Å². The molecular weight excluding hydrogens is 484 g/mol. The van der Waals surface area contributed by atoms with Crippen LogP contribution in [0.3, 0.4) is 0 Å². The Labute approximate surface area is 191 Å². The number of aromatic amines is 1. The van der Waals surface area contributed by atoms with Crippen LogP contribution in [0.25, 0.3) is 11.3 Å². The van der Waals surface area contributed by atoms with E-state index in [-0.39, 0.29) is 11.5 Å². The highest BCUT2D eigenvalue weighted by atomic mass is 79.9. The van der Waals surface area contributed by atoms with Gasteiger partial charge >= 0.3 is 11.3 Å². The average Bonchev–Trinajstić information content (AvgIpc) is 2.76. The topological polar surface area (TPSA) is 88.4 Å². The van der Waals surface area contributed by atoms with Crippen molar-refractivity contribution in [3.63, 3.8) is 0 Å². The molecule has 1 aliphatic heterocycles. The van der Waals surface area contributed by atoms with Crippen LogP contribution < -0.4 is 24.6 Å². The van der Waals surface area contributed by atoms with Gasteiger partial charge in [-0.25, -0.2) is 4.90 Å². The Kier molecular flexibility index (Phi) is 5.76. The predicted molar refractivity (Wildman–Crippen MR) is 121 cm³/mol. The number of hydrogen-bond acceptors (Lipinski definition) is 6. The van der Waals surface area contributed by atoms with Gasteiger partial charge in [0.25, 0.3) is 6.17 Å². The summed E-state index contributed by atoms with van der Waals surface area (Å²) in [6, 6.07) is 10.9. The van der Waals surface area contributed by atoms with Crippen LogP contribution in [0.15, 0.2) is 50.8 Å². The standard InChI is InChI=1S/C21H19BrN4O4S/c1-11(27)25-15-8-6-5-7-13(15)17-19(28)23-21(31-4)24-26(17)20(25)14-9-12(22)10-16(29-2)18(14)30-3/h5-10,20H,1-4H3/p+1. The first-order chi connectivity index (χ1) is 14.9. The number of fused-ring (bicyclic) bond motifs is 3. The molecule has 2 heterocycles. The third kappa shape index (κ3) is 3.49. The first-order valence-corrected chi connectivity index (χ1v) is 11.3. The zero-order valence-electron chi connectivity index (χ0n) is 17.3. The minimum Gasteiger partial charge on any atom is -0.493 e. The van der Waals surface area contributed by atoms with Gasteiger partial charge in [0.1, 0.15) is 0 Å². The monoisotopic (exact) mass is 503 g/mol. The second-order valence-electron chi connectivity index (χ2n) is 6.77. The number of nitrogens with one attached hydrogen (secondary N) is 1. The van der Waals surface area contributed by atoms with Gasteiger partial charge in [-0.05, 0) is 35.2 Å². The molecule has 1 atom stereocenters. The molecule has 31 heavy (non-hydrogen) atoms. The van der Waals surface area contributed by atoms with Gasteiger partial charge < -0.3 is 9.47 Å². The van der Waals surface area contributed by atoms with Gasteiger partial charge in [0.2, 0.25) is 11.1 Å². The molecule has 0 aliphatic carbocycles. The van der Waals surface area contributed by atoms with Crippen molar-refractivity contribution in [2.45, 2.75) is 18.2 Å². The maximum Gasteiger partial charge on any atom is 0.325 e. The van der Waals surface area contributed by atoms with Crippen molar-refractivity contribution < 1.29 is 19.0 Å². The fourth-order valence-electron chi connectivity index (χ4n) is 3.84. The molecular formula is C21H20BrN4O4S+. The number of halogens is 1. The molecule has 0 saturated heterocycles. The van der Waals surface area contributed by atoms with Crippen molar-refractivity contribution in [1.82, 2.24) is 10.1 Å². The number of thioether (sulfide) groups is 1. The highest BCUT2D eigenvalue weighted by Gasteiger charge is 2.46. The summed E-state index contributed by atoms with van der Waals surface area (Å²) >= 11 is 4.82. The second kappa shape index (κ2) is 8.35. The molecule has 8 nitrogen and oxygen atoms in total. The van der Waals surface area contributed by atoms with Crippen LogP contribution in [0.4, 0.5) is 5.69 Å². The van der Waals surface area contributed by atoms with E-state index in [0.717, 1.165) is 4.47 Å². The van der Waals surface area contributed by atoms with Crippen LogP contribution in [0.2, 0.25) is 0 Å². The van der Waals surface area contributed by atoms with E-state index >= 15 is 0 Å². The lowest BCUT2D eigenvalue weighted by Gasteiger charge is -2.32. The summed E-state index contributed by atoms with van der Waals surface area (Å²) in [6.07, 6.45) is 1.06. The van der Waals surface area contributed by atoms with Crippen molar-refractivity contribution in [1.29, 1.82) is 0 Å². The van der Waals surface area contributed by atoms with Crippen molar-refractivity contribution in [3.8, 4) is 22.8 Å². The summed E-state index contributed by atoms with van der Waals surface area (Å²) in [5, 5.41) is 5.09. The summed E-state index contributed by atoms with van der Waals surface area (Å²) in [5.41, 5.74) is 1.93. The summed E-state index contributed by atoms with van der Waals surface area (Å²) < 4.78 is 13.5. The second-order valence-corrected chi connectivity index (χ2v) is 8.48. The lowest BCUT2D eigenvalue weighted by Crippen LogP contribution is -2.60. The maximum atomic E-state index is 13.1. The number of H-pyrrole nitrogens is 1. The average molecular weight is 504 g/mol. The Hall–Kier alpha value is -2.85. The van der Waals surface area contributed by atoms with E-state index in [0.29, 0.717) is 39.2 Å². The van der Waals surface area contributed by atoms with E-state index in [4.69, 9.17) is 9.47 Å². The number of nitrogens with zero attached hydrogens (tertiary/aromatic N) is 3. The minimum absolute atomic E-state index is 0.204. The van der Waals surface area contributed by atoms with E-state index in [9.17, 15) is 9.59 Å². The van der Waals surface area contributed by atoms with E-state index in [1.54, 1.807) is 22.8 Å². The highest BCUT2D eigenvalue weighted by molar-refractivity contribution is 9.10. The maximum absolute atomic E-state index is 13.1. The lowest BCUT2D eigenvalue weighted by molar-refractivity contribution is -0.763. The number of carbonyl (C=O) groups is 1. The largest absolute Gasteiger partial charge is 0.493 e. The van der Waals surface area contributed by atoms with Crippen LogP contribution in [0.1, 0.15) is 18.7 Å². The van der Waals surface area contributed by atoms with Crippen LogP contribution in [-0.2, 0) is 4.79 Å². The van der Waals surface area contributed by atoms with Crippen molar-refractivity contribution in [2.75, 3.05) is 25.4 Å². The number of hydrogen-bond donors (Lipinski definition) is 1. The minimum atomic E-state index is -0.767. The Morgan fingerprint density at radius 3 is 2.65 bits per heavy atom. The number of anilines is 1. The Morgan fingerprint density at radius 2 is 2.00 bits per heavy atom. The number of benzene rings is 2. The number of carbonyl (C=O) groups excluding carboxylic acids is 1. The number of amides is 1. The number of methoxy groups -OCH3 is 2. The molecule has 3 aromatic rings. The van der Waals surface area contributed by atoms with E-state index in [1.165, 1.54) is 25.8 Å². The molecule has 0 fully saturated rings. The number of aromatic nitrogens is 3. The van der Waals surface area contributed by atoms with E-state index in [1.807, 2.05) is 36.6 Å². The number of para-hydroxylation sites is 1. The molecule has 1 aromatic heterocycles. The summed E-state index contributed by atoms with van der Waals surface area (Å²) in [5.74, 6) is 0.739. The summed E-state index contributed by atoms with van der Waals surface area (Å²) in [7, 11) is 3.08. The molecule has 1 unspecified atom stereocenters. The van der Waals surface area contributed by atoms with E-state index < -0.39 is 6.17 Å². The van der Waals surface area contributed by atoms with Crippen molar-refractivity contribution >= 4 is 39.3 Å². The van der Waals surface area contributed by atoms with Crippen LogP contribution in [0, 0.1) is 0 Å². The third-order valence-electron chi connectivity index (χ3n) is 5.04. The van der Waals surface area contributed by atoms with E-state index in [2.05, 4.69) is 26.0 Å². The normalized spacial score (nSPS) is 14.6. The van der Waals surface area contributed by atoms with Crippen LogP contribution in [-0.4, -0.2) is 36.5 Å². The molecule has 0 saturated carbocycles. The first kappa shape index (κ1) is 21.4. The van der Waals surface area contributed by atoms with Gasteiger partial charge in [0.05, 0.1) is 31.0 Å². The van der Waals surface area contributed by atoms with Gasteiger partial charge in [-0.1, -0.05) is 39.8 Å². The smallest absolute Gasteiger partial charge is 0.325 e. The number of rotatable bonds is 4. The summed E-state index contributed by atoms with van der Waals surface area (Å²) in [6.45, 7) is 1.49. The van der Waals surface area contributed by atoms with Crippen molar-refractivity contribution in [3.05, 3.63) is 56.8 Å².